The van der Waals surface area contributed by atoms with Gasteiger partial charge in [-0.3, -0.25) is 3.11 Å². The van der Waals surface area contributed by atoms with E-state index in [4.69, 9.17) is 0 Å². The zero-order valence-electron chi connectivity index (χ0n) is 13.0. The molecule has 0 fully saturated rings. The monoisotopic (exact) mass is 487 g/mol. The van der Waals surface area contributed by atoms with Crippen LogP contribution in [0.4, 0.5) is 28.9 Å². The number of nitrogens with zero attached hydrogens (tertiary/aromatic N) is 1. The second-order valence-electron chi connectivity index (χ2n) is 5.67. The lowest BCUT2D eigenvalue weighted by Crippen LogP contribution is -2.12. The van der Waals surface area contributed by atoms with Crippen LogP contribution >= 0.6 is 34.2 Å². The molecule has 1 heterocycles. The summed E-state index contributed by atoms with van der Waals surface area (Å²) >= 11 is 3.12. The predicted octanol–water partition coefficient (Wildman–Crippen LogP) is 7.70. The minimum atomic E-state index is -4.46. The summed E-state index contributed by atoms with van der Waals surface area (Å²) in [5, 5.41) is 1.59. The van der Waals surface area contributed by atoms with Crippen molar-refractivity contribution in [2.45, 2.75) is 6.18 Å². The van der Waals surface area contributed by atoms with Gasteiger partial charge in [0, 0.05) is 10.8 Å². The first-order valence-corrected chi connectivity index (χ1v) is 9.38. The van der Waals surface area contributed by atoms with Crippen molar-refractivity contribution < 1.29 is 17.6 Å². The number of alkyl halides is 3. The standard InChI is InChI=1S/C19H10F4INS/c20-14-8-3-5-11-12-6-4-10-16(18(12)26-17(11)14)25(24)15-9-2-1-7-13(15)19(21,22)23/h1-10H. The molecule has 0 aliphatic rings. The number of anilines is 2. The molecule has 4 rings (SSSR count). The Bertz CT molecular complexity index is 1120. The number of fused-ring (bicyclic) bond motifs is 3. The van der Waals surface area contributed by atoms with Crippen LogP contribution in [0, 0.1) is 5.82 Å². The van der Waals surface area contributed by atoms with Gasteiger partial charge in [0.25, 0.3) is 0 Å². The maximum Gasteiger partial charge on any atom is 0.418 e. The molecule has 7 heteroatoms. The Morgan fingerprint density at radius 2 is 1.38 bits per heavy atom. The van der Waals surface area contributed by atoms with Crippen molar-refractivity contribution >= 4 is 65.7 Å². The molecule has 4 aromatic rings. The zero-order chi connectivity index (χ0) is 18.5. The van der Waals surface area contributed by atoms with Gasteiger partial charge in [0.2, 0.25) is 0 Å². The van der Waals surface area contributed by atoms with Crippen molar-refractivity contribution in [1.82, 2.24) is 0 Å². The summed E-state index contributed by atoms with van der Waals surface area (Å²) < 4.78 is 57.0. The van der Waals surface area contributed by atoms with Gasteiger partial charge in [-0.2, -0.15) is 13.2 Å². The second kappa shape index (κ2) is 6.38. The second-order valence-corrected chi connectivity index (χ2v) is 7.65. The van der Waals surface area contributed by atoms with Gasteiger partial charge in [-0.1, -0.05) is 36.4 Å². The number of hydrogen-bond acceptors (Lipinski definition) is 2. The van der Waals surface area contributed by atoms with E-state index in [-0.39, 0.29) is 11.5 Å². The quantitative estimate of drug-likeness (QED) is 0.159. The van der Waals surface area contributed by atoms with E-state index in [0.717, 1.165) is 21.5 Å². The summed E-state index contributed by atoms with van der Waals surface area (Å²) in [5.74, 6) is -0.328. The summed E-state index contributed by atoms with van der Waals surface area (Å²) in [6.07, 6.45) is -4.46. The molecular formula is C19H10F4INS. The van der Waals surface area contributed by atoms with Gasteiger partial charge in [0.05, 0.1) is 49.2 Å². The molecule has 0 saturated heterocycles. The summed E-state index contributed by atoms with van der Waals surface area (Å²) in [5.41, 5.74) is -0.0647. The average Bonchev–Trinajstić information content (AvgIpc) is 3.01. The highest BCUT2D eigenvalue weighted by molar-refractivity contribution is 14.1. The van der Waals surface area contributed by atoms with Crippen LogP contribution in [-0.2, 0) is 6.18 Å². The third kappa shape index (κ3) is 2.83. The summed E-state index contributed by atoms with van der Waals surface area (Å²) in [6.45, 7) is 0. The van der Waals surface area contributed by atoms with E-state index < -0.39 is 11.7 Å². The van der Waals surface area contributed by atoms with E-state index in [1.807, 2.05) is 35.0 Å². The first-order valence-electron chi connectivity index (χ1n) is 7.60. The number of thiophene rings is 1. The van der Waals surface area contributed by atoms with E-state index in [9.17, 15) is 17.6 Å². The number of para-hydroxylation sites is 1. The Morgan fingerprint density at radius 1 is 0.769 bits per heavy atom. The maximum absolute atomic E-state index is 14.1. The molecule has 0 bridgehead atoms. The fourth-order valence-electron chi connectivity index (χ4n) is 2.94. The molecule has 3 aromatic carbocycles. The summed E-state index contributed by atoms with van der Waals surface area (Å²) in [4.78, 5) is 0. The number of benzene rings is 3. The fraction of sp³-hybridized carbons (Fsp3) is 0.0526. The molecule has 0 atom stereocenters. The Labute approximate surface area is 164 Å². The van der Waals surface area contributed by atoms with Crippen LogP contribution in [0.3, 0.4) is 0 Å². The van der Waals surface area contributed by atoms with Gasteiger partial charge >= 0.3 is 6.18 Å². The summed E-state index contributed by atoms with van der Waals surface area (Å²) in [6, 6.07) is 15.7. The van der Waals surface area contributed by atoms with Crippen molar-refractivity contribution in [2.24, 2.45) is 0 Å². The van der Waals surface area contributed by atoms with E-state index in [1.165, 1.54) is 32.6 Å². The Morgan fingerprint density at radius 3 is 2.12 bits per heavy atom. The van der Waals surface area contributed by atoms with Gasteiger partial charge in [-0.15, -0.1) is 11.3 Å². The van der Waals surface area contributed by atoms with Crippen LogP contribution < -0.4 is 3.11 Å². The van der Waals surface area contributed by atoms with E-state index in [2.05, 4.69) is 0 Å². The number of rotatable bonds is 2. The Hall–Kier alpha value is -1.87. The minimum Gasteiger partial charge on any atom is -0.281 e. The third-order valence-electron chi connectivity index (χ3n) is 4.09. The van der Waals surface area contributed by atoms with E-state index in [1.54, 1.807) is 24.3 Å². The molecular weight excluding hydrogens is 477 g/mol. The molecule has 0 amide bonds. The minimum absolute atomic E-state index is 0.0472. The van der Waals surface area contributed by atoms with Gasteiger partial charge in [-0.05, 0) is 24.3 Å². The Balaban J connectivity index is 1.96. The molecule has 0 radical (unpaired) electrons. The molecule has 26 heavy (non-hydrogen) atoms. The predicted molar refractivity (Wildman–Crippen MR) is 107 cm³/mol. The van der Waals surface area contributed by atoms with Crippen molar-refractivity contribution in [3.63, 3.8) is 0 Å². The van der Waals surface area contributed by atoms with E-state index in [0.29, 0.717) is 10.4 Å². The highest BCUT2D eigenvalue weighted by Crippen LogP contribution is 2.46. The smallest absolute Gasteiger partial charge is 0.281 e. The van der Waals surface area contributed by atoms with Crippen molar-refractivity contribution in [2.75, 3.05) is 3.11 Å². The van der Waals surface area contributed by atoms with Crippen LogP contribution in [0.25, 0.3) is 20.2 Å². The molecule has 0 spiro atoms. The molecule has 132 valence electrons. The van der Waals surface area contributed by atoms with Crippen LogP contribution in [-0.4, -0.2) is 0 Å². The lowest BCUT2D eigenvalue weighted by Gasteiger charge is -2.22. The highest BCUT2D eigenvalue weighted by Gasteiger charge is 2.35. The Kier molecular flexibility index (Phi) is 4.31. The third-order valence-corrected chi connectivity index (χ3v) is 6.38. The largest absolute Gasteiger partial charge is 0.418 e. The molecule has 0 aliphatic heterocycles. The first kappa shape index (κ1) is 17.5. The van der Waals surface area contributed by atoms with Gasteiger partial charge in [-0.25, -0.2) is 4.39 Å². The first-order chi connectivity index (χ1) is 12.4. The average molecular weight is 487 g/mol. The van der Waals surface area contributed by atoms with Crippen LogP contribution in [0.2, 0.25) is 0 Å². The molecule has 1 aromatic heterocycles. The van der Waals surface area contributed by atoms with Crippen LogP contribution in [0.5, 0.6) is 0 Å². The summed E-state index contributed by atoms with van der Waals surface area (Å²) in [7, 11) is 0. The normalized spacial score (nSPS) is 12.0. The molecule has 0 unspecified atom stereocenters. The maximum atomic E-state index is 14.1. The van der Waals surface area contributed by atoms with Crippen molar-refractivity contribution in [1.29, 1.82) is 0 Å². The fourth-order valence-corrected chi connectivity index (χ4v) is 5.14. The van der Waals surface area contributed by atoms with Crippen LogP contribution in [0.15, 0.2) is 60.7 Å². The highest BCUT2D eigenvalue weighted by atomic mass is 127. The van der Waals surface area contributed by atoms with Crippen molar-refractivity contribution in [3.8, 4) is 0 Å². The van der Waals surface area contributed by atoms with Gasteiger partial charge in [0.15, 0.2) is 0 Å². The number of halogens is 5. The molecule has 0 N–H and O–H groups in total. The van der Waals surface area contributed by atoms with Gasteiger partial charge in [0.1, 0.15) is 5.82 Å². The molecule has 1 nitrogen and oxygen atoms in total. The van der Waals surface area contributed by atoms with E-state index >= 15 is 0 Å². The SMILES string of the molecule is Fc1cccc2c1sc1c(N(I)c3ccccc3C(F)(F)F)cccc12. The van der Waals surface area contributed by atoms with Crippen LogP contribution in [0.1, 0.15) is 5.56 Å². The topological polar surface area (TPSA) is 3.24 Å². The molecule has 0 saturated carbocycles. The van der Waals surface area contributed by atoms with Crippen molar-refractivity contribution in [3.05, 3.63) is 72.0 Å². The lowest BCUT2D eigenvalue weighted by molar-refractivity contribution is -0.137. The molecule has 0 aliphatic carbocycles. The zero-order valence-corrected chi connectivity index (χ0v) is 16.0. The van der Waals surface area contributed by atoms with Gasteiger partial charge < -0.3 is 0 Å². The lowest BCUT2D eigenvalue weighted by atomic mass is 10.1. The number of hydrogen-bond donors (Lipinski definition) is 0.